The maximum atomic E-state index is 11.5. The van der Waals surface area contributed by atoms with Gasteiger partial charge in [-0.3, -0.25) is 0 Å². The van der Waals surface area contributed by atoms with Gasteiger partial charge in [0.05, 0.1) is 0 Å². The number of ether oxygens (including phenoxy) is 1. The van der Waals surface area contributed by atoms with Crippen molar-refractivity contribution in [3.8, 4) is 11.5 Å². The second kappa shape index (κ2) is 5.66. The molecule has 1 aromatic heterocycles. The van der Waals surface area contributed by atoms with Gasteiger partial charge >= 0.3 is 5.63 Å². The van der Waals surface area contributed by atoms with Crippen molar-refractivity contribution in [2.75, 3.05) is 0 Å². The van der Waals surface area contributed by atoms with Gasteiger partial charge < -0.3 is 14.9 Å². The molecule has 0 saturated carbocycles. The number of fused-ring (bicyclic) bond motifs is 1. The SMILES string of the molecule is Cc1cc(=O)oc2cc(Oc3ccccc3C(C)N)ccc12. The van der Waals surface area contributed by atoms with Crippen molar-refractivity contribution in [3.05, 3.63) is 70.1 Å². The Morgan fingerprint density at radius 3 is 2.68 bits per heavy atom. The zero-order chi connectivity index (χ0) is 15.7. The van der Waals surface area contributed by atoms with E-state index in [1.54, 1.807) is 6.07 Å². The van der Waals surface area contributed by atoms with E-state index in [-0.39, 0.29) is 11.7 Å². The smallest absolute Gasteiger partial charge is 0.336 e. The summed E-state index contributed by atoms with van der Waals surface area (Å²) in [5.74, 6) is 1.31. The number of hydrogen-bond acceptors (Lipinski definition) is 4. The van der Waals surface area contributed by atoms with Gasteiger partial charge in [-0.15, -0.1) is 0 Å². The van der Waals surface area contributed by atoms with Gasteiger partial charge in [-0.1, -0.05) is 18.2 Å². The van der Waals surface area contributed by atoms with E-state index < -0.39 is 0 Å². The molecule has 0 aliphatic heterocycles. The van der Waals surface area contributed by atoms with Crippen LogP contribution in [0.5, 0.6) is 11.5 Å². The monoisotopic (exact) mass is 295 g/mol. The number of nitrogens with two attached hydrogens (primary N) is 1. The van der Waals surface area contributed by atoms with Crippen molar-refractivity contribution in [2.45, 2.75) is 19.9 Å². The Labute approximate surface area is 128 Å². The summed E-state index contributed by atoms with van der Waals surface area (Å²) in [6.07, 6.45) is 0. The average molecular weight is 295 g/mol. The minimum atomic E-state index is -0.363. The molecule has 112 valence electrons. The van der Waals surface area contributed by atoms with Crippen LogP contribution in [0.15, 0.2) is 57.7 Å². The van der Waals surface area contributed by atoms with Crippen LogP contribution in [0, 0.1) is 6.92 Å². The molecular weight excluding hydrogens is 278 g/mol. The second-order valence-electron chi connectivity index (χ2n) is 5.33. The first kappa shape index (κ1) is 14.4. The Kier molecular flexibility index (Phi) is 3.69. The third kappa shape index (κ3) is 2.73. The molecule has 0 fully saturated rings. The third-order valence-corrected chi connectivity index (χ3v) is 3.56. The Balaban J connectivity index is 2.03. The molecule has 0 amide bonds. The Morgan fingerprint density at radius 2 is 1.91 bits per heavy atom. The molecule has 0 bridgehead atoms. The summed E-state index contributed by atoms with van der Waals surface area (Å²) in [6, 6.07) is 14.4. The lowest BCUT2D eigenvalue weighted by Crippen LogP contribution is -2.06. The fraction of sp³-hybridized carbons (Fsp3) is 0.167. The number of rotatable bonds is 3. The lowest BCUT2D eigenvalue weighted by atomic mass is 10.1. The van der Waals surface area contributed by atoms with Gasteiger partial charge in [0, 0.05) is 29.1 Å². The molecule has 1 unspecified atom stereocenters. The van der Waals surface area contributed by atoms with Gasteiger partial charge in [0.1, 0.15) is 17.1 Å². The highest BCUT2D eigenvalue weighted by Gasteiger charge is 2.09. The molecule has 0 radical (unpaired) electrons. The summed E-state index contributed by atoms with van der Waals surface area (Å²) in [4.78, 5) is 11.5. The quantitative estimate of drug-likeness (QED) is 0.744. The first-order valence-electron chi connectivity index (χ1n) is 7.11. The normalized spacial score (nSPS) is 12.3. The fourth-order valence-corrected chi connectivity index (χ4v) is 2.45. The second-order valence-corrected chi connectivity index (χ2v) is 5.33. The minimum Gasteiger partial charge on any atom is -0.457 e. The molecule has 22 heavy (non-hydrogen) atoms. The molecule has 2 aromatic carbocycles. The summed E-state index contributed by atoms with van der Waals surface area (Å²) in [7, 11) is 0. The zero-order valence-corrected chi connectivity index (χ0v) is 12.5. The molecule has 3 aromatic rings. The minimum absolute atomic E-state index is 0.128. The standard InChI is InChI=1S/C18H17NO3/c1-11-9-18(20)22-17-10-13(7-8-14(11)17)21-16-6-4-3-5-15(16)12(2)19/h3-10,12H,19H2,1-2H3. The van der Waals surface area contributed by atoms with Gasteiger partial charge in [-0.25, -0.2) is 4.79 Å². The van der Waals surface area contributed by atoms with Crippen LogP contribution in [0.3, 0.4) is 0 Å². The van der Waals surface area contributed by atoms with E-state index in [1.807, 2.05) is 50.2 Å². The van der Waals surface area contributed by atoms with Crippen LogP contribution in [-0.2, 0) is 0 Å². The number of aryl methyl sites for hydroxylation is 1. The molecular formula is C18H17NO3. The summed E-state index contributed by atoms with van der Waals surface area (Å²) < 4.78 is 11.2. The van der Waals surface area contributed by atoms with Gasteiger partial charge in [-0.2, -0.15) is 0 Å². The average Bonchev–Trinajstić information content (AvgIpc) is 2.47. The summed E-state index contributed by atoms with van der Waals surface area (Å²) in [6.45, 7) is 3.79. The van der Waals surface area contributed by atoms with Gasteiger partial charge in [0.15, 0.2) is 0 Å². The molecule has 0 aliphatic rings. The number of hydrogen-bond donors (Lipinski definition) is 1. The molecule has 0 aliphatic carbocycles. The molecule has 1 heterocycles. The van der Waals surface area contributed by atoms with Crippen molar-refractivity contribution in [1.82, 2.24) is 0 Å². The van der Waals surface area contributed by atoms with E-state index in [1.165, 1.54) is 6.07 Å². The van der Waals surface area contributed by atoms with Crippen molar-refractivity contribution in [1.29, 1.82) is 0 Å². The first-order chi connectivity index (χ1) is 10.5. The Morgan fingerprint density at radius 1 is 1.14 bits per heavy atom. The lowest BCUT2D eigenvalue weighted by molar-refractivity contribution is 0.470. The van der Waals surface area contributed by atoms with Gasteiger partial charge in [-0.05, 0) is 37.6 Å². The van der Waals surface area contributed by atoms with Gasteiger partial charge in [0.2, 0.25) is 0 Å². The van der Waals surface area contributed by atoms with E-state index >= 15 is 0 Å². The number of benzene rings is 2. The summed E-state index contributed by atoms with van der Waals surface area (Å²) in [5, 5.41) is 0.896. The van der Waals surface area contributed by atoms with Crippen molar-refractivity contribution < 1.29 is 9.15 Å². The van der Waals surface area contributed by atoms with Crippen LogP contribution < -0.4 is 16.1 Å². The van der Waals surface area contributed by atoms with Crippen molar-refractivity contribution in [3.63, 3.8) is 0 Å². The molecule has 0 spiro atoms. The zero-order valence-electron chi connectivity index (χ0n) is 12.5. The summed E-state index contributed by atoms with van der Waals surface area (Å²) >= 11 is 0. The van der Waals surface area contributed by atoms with Crippen LogP contribution >= 0.6 is 0 Å². The molecule has 4 heteroatoms. The molecule has 1 atom stereocenters. The maximum Gasteiger partial charge on any atom is 0.336 e. The Hall–Kier alpha value is -2.59. The van der Waals surface area contributed by atoms with Gasteiger partial charge in [0.25, 0.3) is 0 Å². The van der Waals surface area contributed by atoms with Crippen LogP contribution in [-0.4, -0.2) is 0 Å². The van der Waals surface area contributed by atoms with Crippen LogP contribution in [0.25, 0.3) is 11.0 Å². The van der Waals surface area contributed by atoms with E-state index in [2.05, 4.69) is 0 Å². The topological polar surface area (TPSA) is 65.5 Å². The molecule has 3 rings (SSSR count). The van der Waals surface area contributed by atoms with E-state index in [4.69, 9.17) is 14.9 Å². The largest absolute Gasteiger partial charge is 0.457 e. The van der Waals surface area contributed by atoms with Crippen molar-refractivity contribution in [2.24, 2.45) is 5.73 Å². The third-order valence-electron chi connectivity index (χ3n) is 3.56. The fourth-order valence-electron chi connectivity index (χ4n) is 2.45. The highest BCUT2D eigenvalue weighted by atomic mass is 16.5. The van der Waals surface area contributed by atoms with Crippen molar-refractivity contribution >= 4 is 11.0 Å². The van der Waals surface area contributed by atoms with Crippen LogP contribution in [0.1, 0.15) is 24.1 Å². The van der Waals surface area contributed by atoms with E-state index in [0.29, 0.717) is 17.1 Å². The molecule has 0 saturated heterocycles. The highest BCUT2D eigenvalue weighted by Crippen LogP contribution is 2.30. The van der Waals surface area contributed by atoms with E-state index in [9.17, 15) is 4.79 Å². The predicted octanol–water partition coefficient (Wildman–Crippen LogP) is 3.91. The van der Waals surface area contributed by atoms with Crippen LogP contribution in [0.2, 0.25) is 0 Å². The maximum absolute atomic E-state index is 11.5. The number of para-hydroxylation sites is 1. The highest BCUT2D eigenvalue weighted by molar-refractivity contribution is 5.81. The summed E-state index contributed by atoms with van der Waals surface area (Å²) in [5.41, 5.74) is 7.92. The van der Waals surface area contributed by atoms with E-state index in [0.717, 1.165) is 16.5 Å². The predicted molar refractivity (Wildman–Crippen MR) is 86.3 cm³/mol. The first-order valence-corrected chi connectivity index (χ1v) is 7.11. The van der Waals surface area contributed by atoms with Crippen LogP contribution in [0.4, 0.5) is 0 Å². The lowest BCUT2D eigenvalue weighted by Gasteiger charge is -2.13. The Bertz CT molecular complexity index is 881. The molecule has 4 nitrogen and oxygen atoms in total. The molecule has 2 N–H and O–H groups in total.